The Kier molecular flexibility index (Phi) is 5.50. The number of unbranched alkanes of at least 4 members (excludes halogenated alkanes) is 2. The summed E-state index contributed by atoms with van der Waals surface area (Å²) in [7, 11) is 1.88. The van der Waals surface area contributed by atoms with Gasteiger partial charge >= 0.3 is 0 Å². The van der Waals surface area contributed by atoms with Crippen molar-refractivity contribution >= 4 is 11.7 Å². The van der Waals surface area contributed by atoms with Crippen LogP contribution in [0.2, 0.25) is 0 Å². The van der Waals surface area contributed by atoms with E-state index in [1.165, 1.54) is 12.8 Å². The van der Waals surface area contributed by atoms with E-state index >= 15 is 0 Å². The van der Waals surface area contributed by atoms with Crippen molar-refractivity contribution in [2.45, 2.75) is 51.9 Å². The number of amides is 1. The van der Waals surface area contributed by atoms with Crippen LogP contribution in [0.25, 0.3) is 0 Å². The van der Waals surface area contributed by atoms with Crippen LogP contribution < -0.4 is 0 Å². The lowest BCUT2D eigenvalue weighted by Gasteiger charge is -2.26. The minimum absolute atomic E-state index is 0.101. The summed E-state index contributed by atoms with van der Waals surface area (Å²) >= 11 is 0. The lowest BCUT2D eigenvalue weighted by molar-refractivity contribution is -0.136. The number of carbonyl (C=O) groups excluding carboxylic acids is 2. The van der Waals surface area contributed by atoms with Crippen LogP contribution in [0.3, 0.4) is 0 Å². The smallest absolute Gasteiger partial charge is 0.225 e. The zero-order valence-electron chi connectivity index (χ0n) is 10.5. The second-order valence-electron chi connectivity index (χ2n) is 4.78. The molecule has 0 spiro atoms. The van der Waals surface area contributed by atoms with Crippen LogP contribution in [-0.4, -0.2) is 30.2 Å². The van der Waals surface area contributed by atoms with Gasteiger partial charge in [0.15, 0.2) is 0 Å². The van der Waals surface area contributed by atoms with Gasteiger partial charge in [0, 0.05) is 32.4 Å². The highest BCUT2D eigenvalue weighted by molar-refractivity contribution is 5.84. The lowest BCUT2D eigenvalue weighted by Crippen LogP contribution is -2.35. The van der Waals surface area contributed by atoms with Gasteiger partial charge in [-0.05, 0) is 19.3 Å². The lowest BCUT2D eigenvalue weighted by atomic mass is 9.87. The number of rotatable bonds is 5. The molecule has 0 radical (unpaired) electrons. The number of nitrogens with zero attached hydrogens (tertiary/aromatic N) is 1. The molecular formula is C13H23NO2. The molecule has 1 aliphatic rings. The second-order valence-corrected chi connectivity index (χ2v) is 4.78. The molecular weight excluding hydrogens is 202 g/mol. The first-order chi connectivity index (χ1) is 7.65. The number of Topliss-reactive ketones (excluding diaryl/α,β-unsaturated/α-hetero) is 1. The molecule has 1 fully saturated rings. The number of carbonyl (C=O) groups is 2. The van der Waals surface area contributed by atoms with Gasteiger partial charge in [-0.2, -0.15) is 0 Å². The number of hydrogen-bond donors (Lipinski definition) is 0. The van der Waals surface area contributed by atoms with E-state index in [0.29, 0.717) is 18.6 Å². The third-order valence-electron chi connectivity index (χ3n) is 3.37. The van der Waals surface area contributed by atoms with Crippen LogP contribution in [-0.2, 0) is 9.59 Å². The summed E-state index contributed by atoms with van der Waals surface area (Å²) in [5, 5.41) is 0. The van der Waals surface area contributed by atoms with Crippen molar-refractivity contribution in [1.29, 1.82) is 0 Å². The maximum atomic E-state index is 12.0. The van der Waals surface area contributed by atoms with Gasteiger partial charge in [0.25, 0.3) is 0 Å². The Morgan fingerprint density at radius 3 is 2.50 bits per heavy atom. The molecule has 0 aromatic carbocycles. The molecule has 1 saturated carbocycles. The van der Waals surface area contributed by atoms with Crippen LogP contribution in [0.5, 0.6) is 0 Å². The zero-order valence-corrected chi connectivity index (χ0v) is 10.5. The average Bonchev–Trinajstić information content (AvgIpc) is 2.29. The average molecular weight is 225 g/mol. The Morgan fingerprint density at radius 1 is 1.31 bits per heavy atom. The normalized spacial score (nSPS) is 17.5. The first kappa shape index (κ1) is 13.2. The molecule has 16 heavy (non-hydrogen) atoms. The van der Waals surface area contributed by atoms with Crippen molar-refractivity contribution in [1.82, 2.24) is 4.90 Å². The quantitative estimate of drug-likeness (QED) is 0.674. The highest BCUT2D eigenvalue weighted by Crippen LogP contribution is 2.23. The van der Waals surface area contributed by atoms with Gasteiger partial charge in [-0.3, -0.25) is 9.59 Å². The SMILES string of the molecule is CCCCCN(C)C(=O)C1CCC(=O)CC1. The molecule has 0 heterocycles. The molecule has 0 aromatic heterocycles. The van der Waals surface area contributed by atoms with E-state index in [-0.39, 0.29) is 11.8 Å². The van der Waals surface area contributed by atoms with Gasteiger partial charge in [-0.25, -0.2) is 0 Å². The topological polar surface area (TPSA) is 37.4 Å². The number of hydrogen-bond acceptors (Lipinski definition) is 2. The molecule has 1 rings (SSSR count). The Balaban J connectivity index is 2.29. The first-order valence-electron chi connectivity index (χ1n) is 6.41. The molecule has 0 atom stereocenters. The van der Waals surface area contributed by atoms with Crippen LogP contribution >= 0.6 is 0 Å². The molecule has 3 nitrogen and oxygen atoms in total. The first-order valence-corrected chi connectivity index (χ1v) is 6.41. The van der Waals surface area contributed by atoms with Crippen molar-refractivity contribution < 1.29 is 9.59 Å². The molecule has 0 saturated heterocycles. The standard InChI is InChI=1S/C13H23NO2/c1-3-4-5-10-14(2)13(16)11-6-8-12(15)9-7-11/h11H,3-10H2,1-2H3. The third kappa shape index (κ3) is 3.95. The molecule has 1 aliphatic carbocycles. The van der Waals surface area contributed by atoms with Crippen LogP contribution in [0.1, 0.15) is 51.9 Å². The predicted molar refractivity (Wildman–Crippen MR) is 64.1 cm³/mol. The summed E-state index contributed by atoms with van der Waals surface area (Å²) in [5.74, 6) is 0.658. The van der Waals surface area contributed by atoms with Crippen LogP contribution in [0, 0.1) is 5.92 Å². The monoisotopic (exact) mass is 225 g/mol. The third-order valence-corrected chi connectivity index (χ3v) is 3.37. The van der Waals surface area contributed by atoms with Crippen LogP contribution in [0.4, 0.5) is 0 Å². The molecule has 92 valence electrons. The van der Waals surface area contributed by atoms with Crippen LogP contribution in [0.15, 0.2) is 0 Å². The van der Waals surface area contributed by atoms with Gasteiger partial charge < -0.3 is 4.90 Å². The minimum atomic E-state index is 0.101. The summed E-state index contributed by atoms with van der Waals surface area (Å²) < 4.78 is 0. The fourth-order valence-electron chi connectivity index (χ4n) is 2.21. The van der Waals surface area contributed by atoms with Crippen molar-refractivity contribution in [2.75, 3.05) is 13.6 Å². The van der Waals surface area contributed by atoms with E-state index < -0.39 is 0 Å². The predicted octanol–water partition coefficient (Wildman–Crippen LogP) is 2.39. The molecule has 1 amide bonds. The van der Waals surface area contributed by atoms with Gasteiger partial charge in [0.2, 0.25) is 5.91 Å². The fourth-order valence-corrected chi connectivity index (χ4v) is 2.21. The van der Waals surface area contributed by atoms with E-state index in [1.54, 1.807) is 0 Å². The van der Waals surface area contributed by atoms with E-state index in [2.05, 4.69) is 6.92 Å². The Morgan fingerprint density at radius 2 is 1.94 bits per heavy atom. The largest absolute Gasteiger partial charge is 0.346 e. The number of ketones is 1. The Hall–Kier alpha value is -0.860. The molecule has 0 N–H and O–H groups in total. The van der Waals surface area contributed by atoms with Crippen molar-refractivity contribution in [3.05, 3.63) is 0 Å². The summed E-state index contributed by atoms with van der Waals surface area (Å²) in [6.07, 6.45) is 6.16. The van der Waals surface area contributed by atoms with Gasteiger partial charge in [0.05, 0.1) is 0 Å². The summed E-state index contributed by atoms with van der Waals surface area (Å²) in [4.78, 5) is 24.9. The molecule has 0 aliphatic heterocycles. The Bertz CT molecular complexity index is 240. The molecule has 3 heteroatoms. The van der Waals surface area contributed by atoms with E-state index in [1.807, 2.05) is 11.9 Å². The maximum Gasteiger partial charge on any atom is 0.225 e. The highest BCUT2D eigenvalue weighted by Gasteiger charge is 2.26. The van der Waals surface area contributed by atoms with E-state index in [4.69, 9.17) is 0 Å². The highest BCUT2D eigenvalue weighted by atomic mass is 16.2. The minimum Gasteiger partial charge on any atom is -0.346 e. The van der Waals surface area contributed by atoms with Crippen molar-refractivity contribution in [3.63, 3.8) is 0 Å². The van der Waals surface area contributed by atoms with Crippen molar-refractivity contribution in [3.8, 4) is 0 Å². The van der Waals surface area contributed by atoms with Gasteiger partial charge in [0.1, 0.15) is 5.78 Å². The second kappa shape index (κ2) is 6.66. The fraction of sp³-hybridized carbons (Fsp3) is 0.846. The van der Waals surface area contributed by atoms with Gasteiger partial charge in [-0.15, -0.1) is 0 Å². The van der Waals surface area contributed by atoms with Gasteiger partial charge in [-0.1, -0.05) is 19.8 Å². The summed E-state index contributed by atoms with van der Waals surface area (Å²) in [5.41, 5.74) is 0. The van der Waals surface area contributed by atoms with E-state index in [9.17, 15) is 9.59 Å². The summed E-state index contributed by atoms with van der Waals surface area (Å²) in [6.45, 7) is 3.02. The van der Waals surface area contributed by atoms with Crippen molar-refractivity contribution in [2.24, 2.45) is 5.92 Å². The molecule has 0 unspecified atom stereocenters. The Labute approximate surface area is 98.2 Å². The summed E-state index contributed by atoms with van der Waals surface area (Å²) in [6, 6.07) is 0. The zero-order chi connectivity index (χ0) is 12.0. The molecule has 0 bridgehead atoms. The molecule has 0 aromatic rings. The van der Waals surface area contributed by atoms with E-state index in [0.717, 1.165) is 25.8 Å². The maximum absolute atomic E-state index is 12.0.